The highest BCUT2D eigenvalue weighted by Crippen LogP contribution is 2.15. The number of nitrogens with zero attached hydrogens (tertiary/aromatic N) is 3. The van der Waals surface area contributed by atoms with Crippen LogP contribution in [-0.4, -0.2) is 62.3 Å². The highest BCUT2D eigenvalue weighted by molar-refractivity contribution is 7.89. The second-order valence-corrected chi connectivity index (χ2v) is 8.77. The minimum atomic E-state index is -3.09. The summed E-state index contributed by atoms with van der Waals surface area (Å²) in [6.07, 6.45) is 3.04. The summed E-state index contributed by atoms with van der Waals surface area (Å²) < 4.78 is 31.1. The first-order valence-electron chi connectivity index (χ1n) is 9.24. The first-order chi connectivity index (χ1) is 12.4. The van der Waals surface area contributed by atoms with Crippen LogP contribution in [0.3, 0.4) is 0 Å². The van der Waals surface area contributed by atoms with Crippen LogP contribution in [0.25, 0.3) is 0 Å². The summed E-state index contributed by atoms with van der Waals surface area (Å²) >= 11 is 0. The van der Waals surface area contributed by atoms with Gasteiger partial charge in [0.15, 0.2) is 5.96 Å². The number of sulfonamides is 1. The first kappa shape index (κ1) is 20.7. The molecule has 0 radical (unpaired) electrons. The molecule has 0 saturated carbocycles. The van der Waals surface area contributed by atoms with E-state index in [1.807, 2.05) is 20.8 Å². The Bertz CT molecular complexity index is 686. The van der Waals surface area contributed by atoms with Crippen LogP contribution in [0.15, 0.2) is 9.52 Å². The van der Waals surface area contributed by atoms with Gasteiger partial charge in [-0.1, -0.05) is 12.1 Å². The molecular weight excluding hydrogens is 354 g/mol. The third kappa shape index (κ3) is 5.44. The summed E-state index contributed by atoms with van der Waals surface area (Å²) in [5.41, 5.74) is 2.05. The van der Waals surface area contributed by atoms with Gasteiger partial charge >= 0.3 is 0 Å². The van der Waals surface area contributed by atoms with Gasteiger partial charge in [-0.15, -0.1) is 0 Å². The standard InChI is InChI=1S/C17H31N5O3S/c1-5-12-26(23,24)22-10-7-15(8-11-22)20-17(18-4)19-9-6-16-13(2)21-25-14(16)3/h15H,5-12H2,1-4H3,(H2,18,19,20). The maximum Gasteiger partial charge on any atom is 0.214 e. The number of rotatable bonds is 7. The number of aliphatic imine (C=N–C) groups is 1. The second kappa shape index (κ2) is 9.36. The lowest BCUT2D eigenvalue weighted by Crippen LogP contribution is -2.50. The van der Waals surface area contributed by atoms with E-state index < -0.39 is 10.0 Å². The van der Waals surface area contributed by atoms with Crippen LogP contribution in [0, 0.1) is 13.8 Å². The molecule has 1 aliphatic heterocycles. The van der Waals surface area contributed by atoms with Gasteiger partial charge in [-0.3, -0.25) is 4.99 Å². The summed E-state index contributed by atoms with van der Waals surface area (Å²) in [6.45, 7) is 7.62. The van der Waals surface area contributed by atoms with E-state index in [1.165, 1.54) is 0 Å². The zero-order valence-electron chi connectivity index (χ0n) is 16.2. The van der Waals surface area contributed by atoms with Crippen molar-refractivity contribution < 1.29 is 12.9 Å². The molecule has 26 heavy (non-hydrogen) atoms. The molecule has 8 nitrogen and oxygen atoms in total. The van der Waals surface area contributed by atoms with Crippen LogP contribution < -0.4 is 10.6 Å². The van der Waals surface area contributed by atoms with Crippen LogP contribution >= 0.6 is 0 Å². The van der Waals surface area contributed by atoms with Gasteiger partial charge in [-0.2, -0.15) is 0 Å². The molecule has 0 aliphatic carbocycles. The molecule has 148 valence electrons. The highest BCUT2D eigenvalue weighted by Gasteiger charge is 2.27. The minimum Gasteiger partial charge on any atom is -0.361 e. The molecule has 1 saturated heterocycles. The number of guanidine groups is 1. The van der Waals surface area contributed by atoms with E-state index >= 15 is 0 Å². The smallest absolute Gasteiger partial charge is 0.214 e. The minimum absolute atomic E-state index is 0.230. The average molecular weight is 386 g/mol. The predicted octanol–water partition coefficient (Wildman–Crippen LogP) is 1.20. The average Bonchev–Trinajstić information content (AvgIpc) is 2.93. The van der Waals surface area contributed by atoms with Crippen LogP contribution in [0.1, 0.15) is 43.2 Å². The summed E-state index contributed by atoms with van der Waals surface area (Å²) in [4.78, 5) is 4.27. The third-order valence-corrected chi connectivity index (χ3v) is 6.80. The Balaban J connectivity index is 1.77. The van der Waals surface area contributed by atoms with Crippen LogP contribution in [0.5, 0.6) is 0 Å². The Hall–Kier alpha value is -1.61. The molecule has 2 rings (SSSR count). The quantitative estimate of drug-likeness (QED) is 0.540. The molecule has 1 aliphatic rings. The van der Waals surface area contributed by atoms with E-state index in [0.29, 0.717) is 19.5 Å². The summed E-state index contributed by atoms with van der Waals surface area (Å²) in [6, 6.07) is 0.230. The van der Waals surface area contributed by atoms with Crippen molar-refractivity contribution in [2.45, 2.75) is 52.5 Å². The maximum absolute atomic E-state index is 12.1. The number of hydrogen-bond donors (Lipinski definition) is 2. The largest absolute Gasteiger partial charge is 0.361 e. The Morgan fingerprint density at radius 2 is 2.04 bits per heavy atom. The normalized spacial score (nSPS) is 17.5. The Kier molecular flexibility index (Phi) is 7.45. The monoisotopic (exact) mass is 385 g/mol. The number of piperidine rings is 1. The van der Waals surface area contributed by atoms with E-state index in [0.717, 1.165) is 48.8 Å². The summed E-state index contributed by atoms with van der Waals surface area (Å²) in [7, 11) is -1.35. The molecule has 0 unspecified atom stereocenters. The van der Waals surface area contributed by atoms with E-state index in [4.69, 9.17) is 4.52 Å². The van der Waals surface area contributed by atoms with E-state index in [9.17, 15) is 8.42 Å². The van der Waals surface area contributed by atoms with Crippen molar-refractivity contribution in [1.82, 2.24) is 20.1 Å². The molecule has 0 bridgehead atoms. The van der Waals surface area contributed by atoms with Crippen molar-refractivity contribution in [2.75, 3.05) is 32.4 Å². The fraction of sp³-hybridized carbons (Fsp3) is 0.765. The van der Waals surface area contributed by atoms with E-state index in [2.05, 4.69) is 20.8 Å². The molecule has 9 heteroatoms. The van der Waals surface area contributed by atoms with Gasteiger partial charge in [0.25, 0.3) is 0 Å². The van der Waals surface area contributed by atoms with Crippen molar-refractivity contribution >= 4 is 16.0 Å². The van der Waals surface area contributed by atoms with Crippen molar-refractivity contribution in [3.63, 3.8) is 0 Å². The van der Waals surface area contributed by atoms with E-state index in [1.54, 1.807) is 11.4 Å². The topological polar surface area (TPSA) is 99.8 Å². The molecule has 2 heterocycles. The molecule has 1 fully saturated rings. The Labute approximate surface area is 156 Å². The fourth-order valence-electron chi connectivity index (χ4n) is 3.22. The molecule has 2 N–H and O–H groups in total. The molecule has 0 amide bonds. The maximum atomic E-state index is 12.1. The number of aromatic nitrogens is 1. The highest BCUT2D eigenvalue weighted by atomic mass is 32.2. The van der Waals surface area contributed by atoms with Gasteiger partial charge in [0.1, 0.15) is 5.76 Å². The third-order valence-electron chi connectivity index (χ3n) is 4.72. The van der Waals surface area contributed by atoms with Gasteiger partial charge in [-0.05, 0) is 39.5 Å². The SMILES string of the molecule is CCCS(=O)(=O)N1CCC(NC(=NC)NCCc2c(C)noc2C)CC1. The van der Waals surface area contributed by atoms with Crippen LogP contribution in [-0.2, 0) is 16.4 Å². The lowest BCUT2D eigenvalue weighted by Gasteiger charge is -2.32. The zero-order chi connectivity index (χ0) is 19.2. The van der Waals surface area contributed by atoms with Gasteiger partial charge in [0.05, 0.1) is 11.4 Å². The van der Waals surface area contributed by atoms with Gasteiger partial charge in [0, 0.05) is 38.3 Å². The van der Waals surface area contributed by atoms with Gasteiger partial charge in [-0.25, -0.2) is 12.7 Å². The summed E-state index contributed by atoms with van der Waals surface area (Å²) in [5, 5.41) is 10.7. The molecule has 1 aromatic rings. The fourth-order valence-corrected chi connectivity index (χ4v) is 4.76. The second-order valence-electron chi connectivity index (χ2n) is 6.69. The van der Waals surface area contributed by atoms with Gasteiger partial charge < -0.3 is 15.2 Å². The lowest BCUT2D eigenvalue weighted by atomic mass is 10.1. The molecule has 0 spiro atoms. The molecular formula is C17H31N5O3S. The first-order valence-corrected chi connectivity index (χ1v) is 10.8. The van der Waals surface area contributed by atoms with Crippen molar-refractivity contribution in [3.8, 4) is 0 Å². The molecule has 1 aromatic heterocycles. The predicted molar refractivity (Wildman–Crippen MR) is 103 cm³/mol. The lowest BCUT2D eigenvalue weighted by molar-refractivity contribution is 0.306. The van der Waals surface area contributed by atoms with Crippen molar-refractivity contribution in [3.05, 3.63) is 17.0 Å². The Morgan fingerprint density at radius 1 is 1.35 bits per heavy atom. The molecule has 0 aromatic carbocycles. The van der Waals surface area contributed by atoms with E-state index in [-0.39, 0.29) is 11.8 Å². The number of aryl methyl sites for hydroxylation is 2. The number of nitrogens with one attached hydrogen (secondary N) is 2. The van der Waals surface area contributed by atoms with Crippen LogP contribution in [0.2, 0.25) is 0 Å². The molecule has 0 atom stereocenters. The zero-order valence-corrected chi connectivity index (χ0v) is 17.0. The summed E-state index contributed by atoms with van der Waals surface area (Å²) in [5.74, 6) is 1.83. The van der Waals surface area contributed by atoms with Crippen LogP contribution in [0.4, 0.5) is 0 Å². The van der Waals surface area contributed by atoms with Crippen molar-refractivity contribution in [1.29, 1.82) is 0 Å². The Morgan fingerprint density at radius 3 is 2.58 bits per heavy atom. The van der Waals surface area contributed by atoms with Gasteiger partial charge in [0.2, 0.25) is 10.0 Å². The van der Waals surface area contributed by atoms with Crippen molar-refractivity contribution in [2.24, 2.45) is 4.99 Å². The number of hydrogen-bond acceptors (Lipinski definition) is 5.